The molecule has 1 aliphatic rings. The number of aromatic nitrogens is 1. The summed E-state index contributed by atoms with van der Waals surface area (Å²) in [4.78, 5) is 24.9. The topological polar surface area (TPSA) is 134 Å². The van der Waals surface area contributed by atoms with Crippen molar-refractivity contribution in [2.24, 2.45) is 0 Å². The molecule has 2 aromatic heterocycles. The van der Waals surface area contributed by atoms with E-state index >= 15 is 0 Å². The third-order valence-electron chi connectivity index (χ3n) is 4.46. The van der Waals surface area contributed by atoms with Gasteiger partial charge in [-0.2, -0.15) is 5.26 Å². The van der Waals surface area contributed by atoms with Crippen molar-refractivity contribution < 1.29 is 14.1 Å². The number of hydrogen-bond donors (Lipinski definition) is 3. The Morgan fingerprint density at radius 3 is 2.85 bits per heavy atom. The summed E-state index contributed by atoms with van der Waals surface area (Å²) in [5.41, 5.74) is 6.48. The van der Waals surface area contributed by atoms with E-state index in [-0.39, 0.29) is 33.6 Å². The summed E-state index contributed by atoms with van der Waals surface area (Å²) in [6, 6.07) is 3.65. The van der Waals surface area contributed by atoms with Crippen LogP contribution in [-0.2, 0) is 0 Å². The first-order valence-electron chi connectivity index (χ1n) is 8.93. The summed E-state index contributed by atoms with van der Waals surface area (Å²) in [7, 11) is 0. The average Bonchev–Trinajstić information content (AvgIpc) is 3.40. The monoisotopic (exact) mass is 387 g/mol. The number of nitrogens with zero attached hydrogens (tertiary/aromatic N) is 2. The summed E-state index contributed by atoms with van der Waals surface area (Å²) >= 11 is 1.14. The van der Waals surface area contributed by atoms with Crippen LogP contribution in [0.1, 0.15) is 70.5 Å². The first-order valence-corrected chi connectivity index (χ1v) is 9.75. The van der Waals surface area contributed by atoms with E-state index in [1.54, 1.807) is 0 Å². The normalized spacial score (nSPS) is 14.1. The van der Waals surface area contributed by atoms with Crippen LogP contribution in [0.4, 0.5) is 10.7 Å². The molecule has 0 saturated heterocycles. The number of anilines is 2. The molecule has 0 radical (unpaired) electrons. The quantitative estimate of drug-likeness (QED) is 0.622. The maximum absolute atomic E-state index is 12.8. The molecule has 142 valence electrons. The van der Waals surface area contributed by atoms with E-state index < -0.39 is 11.7 Å². The molecule has 1 aliphatic carbocycles. The molecule has 9 heteroatoms. The molecule has 0 aromatic carbocycles. The number of nitrogen functional groups attached to an aromatic ring is 1. The molecule has 0 unspecified atom stereocenters. The standard InChI is InChI=1S/C18H21N5O3S/c1-2-7-21-17(25)12-8-13(26-23-12)15(24)16-14(20)11(9-19)18(27-16)22-10-5-3-4-6-10/h8,10,22H,2-7,20H2,1H3,(H,21,25). The Balaban J connectivity index is 1.82. The van der Waals surface area contributed by atoms with Gasteiger partial charge in [0.1, 0.15) is 21.5 Å². The van der Waals surface area contributed by atoms with Gasteiger partial charge in [-0.25, -0.2) is 0 Å². The van der Waals surface area contributed by atoms with Gasteiger partial charge in [0, 0.05) is 18.7 Å². The second kappa shape index (κ2) is 8.22. The van der Waals surface area contributed by atoms with Gasteiger partial charge in [0.2, 0.25) is 11.5 Å². The lowest BCUT2D eigenvalue weighted by Gasteiger charge is -2.11. The highest BCUT2D eigenvalue weighted by Crippen LogP contribution is 2.38. The number of rotatable bonds is 7. The molecule has 3 rings (SSSR count). The molecule has 0 bridgehead atoms. The van der Waals surface area contributed by atoms with E-state index in [4.69, 9.17) is 10.3 Å². The highest BCUT2D eigenvalue weighted by Gasteiger charge is 2.27. The molecule has 0 spiro atoms. The number of amides is 1. The van der Waals surface area contributed by atoms with Gasteiger partial charge < -0.3 is 20.9 Å². The lowest BCUT2D eigenvalue weighted by Crippen LogP contribution is -2.24. The van der Waals surface area contributed by atoms with Crippen LogP contribution in [-0.4, -0.2) is 29.4 Å². The number of hydrogen-bond acceptors (Lipinski definition) is 8. The van der Waals surface area contributed by atoms with Crippen LogP contribution in [0.3, 0.4) is 0 Å². The van der Waals surface area contributed by atoms with Crippen molar-refractivity contribution in [1.29, 1.82) is 5.26 Å². The van der Waals surface area contributed by atoms with Gasteiger partial charge >= 0.3 is 0 Å². The van der Waals surface area contributed by atoms with E-state index in [2.05, 4.69) is 21.9 Å². The summed E-state index contributed by atoms with van der Waals surface area (Å²) in [5.74, 6) is -0.975. The molecule has 2 heterocycles. The molecule has 27 heavy (non-hydrogen) atoms. The Morgan fingerprint density at radius 1 is 1.44 bits per heavy atom. The number of thiophene rings is 1. The van der Waals surface area contributed by atoms with E-state index in [1.165, 1.54) is 6.07 Å². The van der Waals surface area contributed by atoms with Crippen molar-refractivity contribution in [2.45, 2.75) is 45.1 Å². The van der Waals surface area contributed by atoms with Crippen molar-refractivity contribution in [3.05, 3.63) is 28.0 Å². The van der Waals surface area contributed by atoms with Gasteiger partial charge in [-0.05, 0) is 19.3 Å². The molecule has 4 N–H and O–H groups in total. The van der Waals surface area contributed by atoms with Crippen LogP contribution >= 0.6 is 11.3 Å². The third kappa shape index (κ3) is 3.95. The second-order valence-corrected chi connectivity index (χ2v) is 7.47. The zero-order valence-electron chi connectivity index (χ0n) is 15.0. The first kappa shape index (κ1) is 18.9. The van der Waals surface area contributed by atoms with Crippen LogP contribution < -0.4 is 16.4 Å². The highest BCUT2D eigenvalue weighted by atomic mass is 32.1. The Bertz CT molecular complexity index is 889. The Labute approximate surface area is 160 Å². The molecule has 0 atom stereocenters. The zero-order chi connectivity index (χ0) is 19.4. The number of carbonyl (C=O) groups excluding carboxylic acids is 2. The van der Waals surface area contributed by atoms with Crippen LogP contribution in [0, 0.1) is 11.3 Å². The van der Waals surface area contributed by atoms with E-state index in [1.807, 2.05) is 6.92 Å². The smallest absolute Gasteiger partial charge is 0.273 e. The number of nitrogens with two attached hydrogens (primary N) is 1. The molecule has 1 saturated carbocycles. The van der Waals surface area contributed by atoms with Crippen molar-refractivity contribution in [3.63, 3.8) is 0 Å². The molecular weight excluding hydrogens is 366 g/mol. The van der Waals surface area contributed by atoms with Crippen LogP contribution in [0.25, 0.3) is 0 Å². The maximum atomic E-state index is 12.8. The van der Waals surface area contributed by atoms with Gasteiger partial charge in [0.15, 0.2) is 5.69 Å². The number of nitrogens with one attached hydrogen (secondary N) is 2. The Kier molecular flexibility index (Phi) is 5.76. The van der Waals surface area contributed by atoms with Crippen molar-refractivity contribution in [3.8, 4) is 6.07 Å². The van der Waals surface area contributed by atoms with Gasteiger partial charge in [-0.1, -0.05) is 24.9 Å². The maximum Gasteiger partial charge on any atom is 0.273 e. The molecular formula is C18H21N5O3S. The number of carbonyl (C=O) groups is 2. The number of ketones is 1. The third-order valence-corrected chi connectivity index (χ3v) is 5.59. The molecule has 1 amide bonds. The number of nitriles is 1. The Morgan fingerprint density at radius 2 is 2.19 bits per heavy atom. The van der Waals surface area contributed by atoms with Crippen LogP contribution in [0.15, 0.2) is 10.6 Å². The fraction of sp³-hybridized carbons (Fsp3) is 0.444. The first-order chi connectivity index (χ1) is 13.0. The van der Waals surface area contributed by atoms with Gasteiger partial charge in [0.25, 0.3) is 5.91 Å². The lowest BCUT2D eigenvalue weighted by atomic mass is 10.1. The van der Waals surface area contributed by atoms with Crippen molar-refractivity contribution in [2.75, 3.05) is 17.6 Å². The fourth-order valence-corrected chi connectivity index (χ4v) is 4.10. The van der Waals surface area contributed by atoms with E-state index in [9.17, 15) is 14.9 Å². The van der Waals surface area contributed by atoms with E-state index in [0.29, 0.717) is 11.5 Å². The van der Waals surface area contributed by atoms with Crippen molar-refractivity contribution in [1.82, 2.24) is 10.5 Å². The summed E-state index contributed by atoms with van der Waals surface area (Å²) in [6.45, 7) is 2.44. The lowest BCUT2D eigenvalue weighted by molar-refractivity contribution is 0.0940. The van der Waals surface area contributed by atoms with Gasteiger partial charge in [0.05, 0.1) is 5.69 Å². The molecule has 2 aromatic rings. The Hall–Kier alpha value is -2.86. The summed E-state index contributed by atoms with van der Waals surface area (Å²) < 4.78 is 5.04. The van der Waals surface area contributed by atoms with Crippen molar-refractivity contribution >= 4 is 33.7 Å². The molecule has 1 fully saturated rings. The SMILES string of the molecule is CCCNC(=O)c1cc(C(=O)c2sc(NC3CCCC3)c(C#N)c2N)on1. The van der Waals surface area contributed by atoms with Gasteiger partial charge in [-0.15, -0.1) is 11.3 Å². The van der Waals surface area contributed by atoms with Crippen LogP contribution in [0.5, 0.6) is 0 Å². The minimum atomic E-state index is -0.490. The van der Waals surface area contributed by atoms with Crippen LogP contribution in [0.2, 0.25) is 0 Å². The predicted octanol–water partition coefficient (Wildman–Crippen LogP) is 2.92. The predicted molar refractivity (Wildman–Crippen MR) is 102 cm³/mol. The van der Waals surface area contributed by atoms with E-state index in [0.717, 1.165) is 43.4 Å². The largest absolute Gasteiger partial charge is 0.396 e. The van der Waals surface area contributed by atoms with Gasteiger partial charge in [-0.3, -0.25) is 9.59 Å². The molecule has 8 nitrogen and oxygen atoms in total. The highest BCUT2D eigenvalue weighted by molar-refractivity contribution is 7.19. The molecule has 0 aliphatic heterocycles. The average molecular weight is 387 g/mol. The summed E-state index contributed by atoms with van der Waals surface area (Å²) in [5, 5.41) is 19.7. The second-order valence-electron chi connectivity index (χ2n) is 6.45. The minimum absolute atomic E-state index is 0.0340. The fourth-order valence-electron chi connectivity index (χ4n) is 3.01. The minimum Gasteiger partial charge on any atom is -0.396 e. The zero-order valence-corrected chi connectivity index (χ0v) is 15.8. The summed E-state index contributed by atoms with van der Waals surface area (Å²) in [6.07, 6.45) is 5.14.